The van der Waals surface area contributed by atoms with Gasteiger partial charge >= 0.3 is 5.63 Å². The summed E-state index contributed by atoms with van der Waals surface area (Å²) in [6.45, 7) is 6.71. The van der Waals surface area contributed by atoms with E-state index in [9.17, 15) is 4.79 Å². The van der Waals surface area contributed by atoms with Crippen LogP contribution in [0, 0.1) is 0 Å². The van der Waals surface area contributed by atoms with Crippen LogP contribution in [-0.2, 0) is 0 Å². The molecule has 0 aliphatic carbocycles. The Bertz CT molecular complexity index is 870. The fraction of sp³-hybridized carbons (Fsp3) is 0.381. The molecule has 0 aliphatic rings. The minimum atomic E-state index is -0.580. The van der Waals surface area contributed by atoms with Gasteiger partial charge in [-0.05, 0) is 51.8 Å². The van der Waals surface area contributed by atoms with Crippen LogP contribution in [0.1, 0.15) is 33.6 Å². The highest BCUT2D eigenvalue weighted by Crippen LogP contribution is 2.38. The summed E-state index contributed by atoms with van der Waals surface area (Å²) in [5.41, 5.74) is 2.41. The molecular weight excluding hydrogens is 332 g/mol. The van der Waals surface area contributed by atoms with Crippen LogP contribution < -0.4 is 19.8 Å². The molecule has 0 fully saturated rings. The lowest BCUT2D eigenvalue weighted by atomic mass is 10.1. The van der Waals surface area contributed by atoms with E-state index in [0.717, 1.165) is 12.8 Å². The SMILES string of the molecule is COc1c(OC)c2c(OC/C=C(\C)CCC=C(C)C)cccc2oc1=O. The standard InChI is InChI=1S/C21H26O5/c1-14(2)8-6-9-15(3)12-13-25-16-10-7-11-17-18(16)19(23-4)20(24-5)21(22)26-17/h7-8,10-12H,6,9,13H2,1-5H3/b15-12+. The fourth-order valence-electron chi connectivity index (χ4n) is 2.63. The van der Waals surface area contributed by atoms with Crippen molar-refractivity contribution in [1.29, 1.82) is 0 Å². The van der Waals surface area contributed by atoms with E-state index in [-0.39, 0.29) is 5.75 Å². The summed E-state index contributed by atoms with van der Waals surface area (Å²) in [5, 5.41) is 0.585. The van der Waals surface area contributed by atoms with E-state index in [2.05, 4.69) is 32.9 Å². The molecule has 0 unspecified atom stereocenters. The van der Waals surface area contributed by atoms with Gasteiger partial charge in [-0.3, -0.25) is 0 Å². The molecule has 1 aromatic carbocycles. The maximum atomic E-state index is 12.0. The van der Waals surface area contributed by atoms with E-state index >= 15 is 0 Å². The van der Waals surface area contributed by atoms with Crippen LogP contribution in [0.2, 0.25) is 0 Å². The number of rotatable bonds is 8. The molecule has 2 aromatic rings. The Labute approximate surface area is 153 Å². The lowest BCUT2D eigenvalue weighted by Crippen LogP contribution is -2.07. The molecule has 0 bridgehead atoms. The summed E-state index contributed by atoms with van der Waals surface area (Å²) in [5.74, 6) is 0.929. The first-order valence-corrected chi connectivity index (χ1v) is 8.57. The van der Waals surface area contributed by atoms with Crippen LogP contribution in [0.4, 0.5) is 0 Å². The van der Waals surface area contributed by atoms with E-state index in [1.165, 1.54) is 25.4 Å². The van der Waals surface area contributed by atoms with Crippen molar-refractivity contribution < 1.29 is 18.6 Å². The number of fused-ring (bicyclic) bond motifs is 1. The molecule has 2 rings (SSSR count). The molecule has 0 saturated carbocycles. The summed E-state index contributed by atoms with van der Waals surface area (Å²) >= 11 is 0. The van der Waals surface area contributed by atoms with Gasteiger partial charge in [0, 0.05) is 0 Å². The highest BCUT2D eigenvalue weighted by Gasteiger charge is 2.19. The van der Waals surface area contributed by atoms with Crippen LogP contribution in [0.3, 0.4) is 0 Å². The molecule has 140 valence electrons. The van der Waals surface area contributed by atoms with Gasteiger partial charge in [-0.2, -0.15) is 0 Å². The monoisotopic (exact) mass is 358 g/mol. The molecular formula is C21H26O5. The maximum absolute atomic E-state index is 12.0. The van der Waals surface area contributed by atoms with Gasteiger partial charge in [0.2, 0.25) is 5.75 Å². The van der Waals surface area contributed by atoms with Gasteiger partial charge in [0.1, 0.15) is 23.3 Å². The first kappa shape index (κ1) is 19.6. The summed E-state index contributed by atoms with van der Waals surface area (Å²) in [6.07, 6.45) is 6.30. The molecule has 0 atom stereocenters. The Kier molecular flexibility index (Phi) is 6.89. The van der Waals surface area contributed by atoms with Crippen molar-refractivity contribution in [3.05, 3.63) is 51.9 Å². The van der Waals surface area contributed by atoms with Crippen LogP contribution in [0.25, 0.3) is 11.0 Å². The van der Waals surface area contributed by atoms with Crippen molar-refractivity contribution >= 4 is 11.0 Å². The zero-order chi connectivity index (χ0) is 19.1. The molecule has 0 saturated heterocycles. The second kappa shape index (κ2) is 9.13. The molecule has 0 radical (unpaired) electrons. The van der Waals surface area contributed by atoms with E-state index in [0.29, 0.717) is 29.1 Å². The van der Waals surface area contributed by atoms with Gasteiger partial charge in [0.05, 0.1) is 14.2 Å². The van der Waals surface area contributed by atoms with Gasteiger partial charge in [0.15, 0.2) is 5.75 Å². The molecule has 0 spiro atoms. The molecule has 0 amide bonds. The molecule has 1 aromatic heterocycles. The molecule has 5 nitrogen and oxygen atoms in total. The van der Waals surface area contributed by atoms with Crippen molar-refractivity contribution in [2.24, 2.45) is 0 Å². The topological polar surface area (TPSA) is 57.9 Å². The van der Waals surface area contributed by atoms with Crippen molar-refractivity contribution in [2.45, 2.75) is 33.6 Å². The van der Waals surface area contributed by atoms with Crippen molar-refractivity contribution in [3.63, 3.8) is 0 Å². The lowest BCUT2D eigenvalue weighted by molar-refractivity contribution is 0.333. The lowest BCUT2D eigenvalue weighted by Gasteiger charge is -2.12. The molecule has 5 heteroatoms. The zero-order valence-electron chi connectivity index (χ0n) is 16.0. The molecule has 0 N–H and O–H groups in total. The van der Waals surface area contributed by atoms with Crippen LogP contribution in [0.5, 0.6) is 17.2 Å². The Morgan fingerprint density at radius 3 is 2.46 bits per heavy atom. The predicted molar refractivity (Wildman–Crippen MR) is 104 cm³/mol. The normalized spacial score (nSPS) is 11.3. The zero-order valence-corrected chi connectivity index (χ0v) is 16.0. The average Bonchev–Trinajstić information content (AvgIpc) is 2.60. The molecule has 0 aliphatic heterocycles. The maximum Gasteiger partial charge on any atom is 0.383 e. The van der Waals surface area contributed by atoms with Crippen LogP contribution in [0.15, 0.2) is 50.7 Å². The van der Waals surface area contributed by atoms with Crippen LogP contribution in [-0.4, -0.2) is 20.8 Å². The Morgan fingerprint density at radius 2 is 1.81 bits per heavy atom. The van der Waals surface area contributed by atoms with Gasteiger partial charge in [-0.15, -0.1) is 0 Å². The van der Waals surface area contributed by atoms with Crippen LogP contribution >= 0.6 is 0 Å². The largest absolute Gasteiger partial charge is 0.492 e. The van der Waals surface area contributed by atoms with Gasteiger partial charge in [-0.1, -0.05) is 23.3 Å². The molecule has 26 heavy (non-hydrogen) atoms. The van der Waals surface area contributed by atoms with Crippen molar-refractivity contribution in [2.75, 3.05) is 20.8 Å². The summed E-state index contributed by atoms with van der Waals surface area (Å²) in [6, 6.07) is 5.29. The second-order valence-electron chi connectivity index (χ2n) is 6.27. The van der Waals surface area contributed by atoms with Crippen molar-refractivity contribution in [3.8, 4) is 17.2 Å². The van der Waals surface area contributed by atoms with Gasteiger partial charge in [0.25, 0.3) is 0 Å². The predicted octanol–water partition coefficient (Wildman–Crippen LogP) is 4.88. The highest BCUT2D eigenvalue weighted by molar-refractivity contribution is 5.91. The van der Waals surface area contributed by atoms with E-state index in [1.807, 2.05) is 6.07 Å². The second-order valence-corrected chi connectivity index (χ2v) is 6.27. The number of benzene rings is 1. The summed E-state index contributed by atoms with van der Waals surface area (Å²) in [7, 11) is 2.89. The smallest absolute Gasteiger partial charge is 0.383 e. The number of allylic oxidation sites excluding steroid dienone is 3. The van der Waals surface area contributed by atoms with E-state index in [1.54, 1.807) is 12.1 Å². The third kappa shape index (κ3) is 4.69. The first-order chi connectivity index (χ1) is 12.5. The van der Waals surface area contributed by atoms with E-state index in [4.69, 9.17) is 18.6 Å². The summed E-state index contributed by atoms with van der Waals surface area (Å²) < 4.78 is 21.7. The number of hydrogen-bond acceptors (Lipinski definition) is 5. The number of hydrogen-bond donors (Lipinski definition) is 0. The minimum absolute atomic E-state index is 0.0319. The van der Waals surface area contributed by atoms with Crippen molar-refractivity contribution in [1.82, 2.24) is 0 Å². The highest BCUT2D eigenvalue weighted by atomic mass is 16.5. The number of ether oxygens (including phenoxy) is 3. The molecule has 1 heterocycles. The Balaban J connectivity index is 2.25. The Hall–Kier alpha value is -2.69. The van der Waals surface area contributed by atoms with E-state index < -0.39 is 5.63 Å². The first-order valence-electron chi connectivity index (χ1n) is 8.57. The average molecular weight is 358 g/mol. The minimum Gasteiger partial charge on any atom is -0.492 e. The Morgan fingerprint density at radius 1 is 1.08 bits per heavy atom. The van der Waals surface area contributed by atoms with Gasteiger partial charge < -0.3 is 18.6 Å². The fourth-order valence-corrected chi connectivity index (χ4v) is 2.63. The third-order valence-electron chi connectivity index (χ3n) is 3.98. The quantitative estimate of drug-likeness (QED) is 0.497. The third-order valence-corrected chi connectivity index (χ3v) is 3.98. The van der Waals surface area contributed by atoms with Gasteiger partial charge in [-0.25, -0.2) is 4.79 Å². The summed E-state index contributed by atoms with van der Waals surface area (Å²) in [4.78, 5) is 12.0. The number of methoxy groups -OCH3 is 2.